The molecular formula is C16H19N3O2. The molecule has 0 bridgehead atoms. The SMILES string of the molecule is COc1ccc(C)cc1/C=C/c1nc(C2(N)CCC2)no1. The second kappa shape index (κ2) is 5.33. The molecule has 1 heterocycles. The summed E-state index contributed by atoms with van der Waals surface area (Å²) < 4.78 is 10.6. The first-order chi connectivity index (χ1) is 10.1. The first-order valence-electron chi connectivity index (χ1n) is 7.06. The van der Waals surface area contributed by atoms with Crippen molar-refractivity contribution < 1.29 is 9.26 Å². The molecule has 2 aromatic rings. The monoisotopic (exact) mass is 285 g/mol. The van der Waals surface area contributed by atoms with Crippen LogP contribution in [0.2, 0.25) is 0 Å². The lowest BCUT2D eigenvalue weighted by atomic mass is 9.77. The summed E-state index contributed by atoms with van der Waals surface area (Å²) in [6.45, 7) is 2.04. The van der Waals surface area contributed by atoms with Gasteiger partial charge in [0.2, 0.25) is 0 Å². The fraction of sp³-hybridized carbons (Fsp3) is 0.375. The highest BCUT2D eigenvalue weighted by Gasteiger charge is 2.38. The molecule has 5 nitrogen and oxygen atoms in total. The van der Waals surface area contributed by atoms with Gasteiger partial charge in [0.1, 0.15) is 5.75 Å². The van der Waals surface area contributed by atoms with Crippen LogP contribution < -0.4 is 10.5 Å². The summed E-state index contributed by atoms with van der Waals surface area (Å²) in [5.41, 5.74) is 7.93. The van der Waals surface area contributed by atoms with E-state index in [2.05, 4.69) is 10.1 Å². The summed E-state index contributed by atoms with van der Waals surface area (Å²) in [6, 6.07) is 6.00. The average molecular weight is 285 g/mol. The largest absolute Gasteiger partial charge is 0.496 e. The normalized spacial score (nSPS) is 16.9. The Bertz CT molecular complexity index is 672. The summed E-state index contributed by atoms with van der Waals surface area (Å²) in [5, 5.41) is 3.99. The van der Waals surface area contributed by atoms with E-state index in [0.29, 0.717) is 11.7 Å². The Labute approximate surface area is 123 Å². The van der Waals surface area contributed by atoms with Crippen molar-refractivity contribution in [3.63, 3.8) is 0 Å². The van der Waals surface area contributed by atoms with Gasteiger partial charge in [-0.3, -0.25) is 0 Å². The number of hydrogen-bond acceptors (Lipinski definition) is 5. The molecule has 5 heteroatoms. The van der Waals surface area contributed by atoms with Crippen LogP contribution in [0.5, 0.6) is 5.75 Å². The minimum absolute atomic E-state index is 0.392. The van der Waals surface area contributed by atoms with Crippen molar-refractivity contribution >= 4 is 12.2 Å². The molecular weight excluding hydrogens is 266 g/mol. The number of ether oxygens (including phenoxy) is 1. The van der Waals surface area contributed by atoms with Crippen molar-refractivity contribution in [1.82, 2.24) is 10.1 Å². The fourth-order valence-corrected chi connectivity index (χ4v) is 2.43. The maximum atomic E-state index is 6.18. The highest BCUT2D eigenvalue weighted by molar-refractivity contribution is 5.70. The van der Waals surface area contributed by atoms with Crippen molar-refractivity contribution in [3.8, 4) is 5.75 Å². The predicted octanol–water partition coefficient (Wildman–Crippen LogP) is 2.89. The second-order valence-electron chi connectivity index (χ2n) is 5.54. The Morgan fingerprint density at radius 2 is 2.14 bits per heavy atom. The van der Waals surface area contributed by atoms with Crippen LogP contribution in [0.25, 0.3) is 12.2 Å². The zero-order valence-electron chi connectivity index (χ0n) is 12.3. The molecule has 2 N–H and O–H groups in total. The molecule has 1 aliphatic carbocycles. The zero-order valence-corrected chi connectivity index (χ0v) is 12.3. The van der Waals surface area contributed by atoms with Crippen LogP contribution in [-0.4, -0.2) is 17.3 Å². The van der Waals surface area contributed by atoms with E-state index in [1.807, 2.05) is 31.2 Å². The number of rotatable bonds is 4. The van der Waals surface area contributed by atoms with Crippen molar-refractivity contribution in [2.45, 2.75) is 31.7 Å². The van der Waals surface area contributed by atoms with Crippen molar-refractivity contribution in [3.05, 3.63) is 41.0 Å². The van der Waals surface area contributed by atoms with E-state index in [4.69, 9.17) is 15.0 Å². The standard InChI is InChI=1S/C16H19N3O2/c1-11-4-6-13(20-2)12(10-11)5-7-14-18-15(19-21-14)16(17)8-3-9-16/h4-7,10H,3,8-9,17H2,1-2H3/b7-5+. The predicted molar refractivity (Wildman–Crippen MR) is 80.7 cm³/mol. The molecule has 110 valence electrons. The molecule has 0 saturated heterocycles. The van der Waals surface area contributed by atoms with E-state index < -0.39 is 5.54 Å². The topological polar surface area (TPSA) is 74.2 Å². The van der Waals surface area contributed by atoms with Crippen LogP contribution in [-0.2, 0) is 5.54 Å². The smallest absolute Gasteiger partial charge is 0.250 e. The lowest BCUT2D eigenvalue weighted by molar-refractivity contribution is 0.229. The zero-order chi connectivity index (χ0) is 14.9. The van der Waals surface area contributed by atoms with Crippen LogP contribution in [0.3, 0.4) is 0 Å². The Hall–Kier alpha value is -2.14. The van der Waals surface area contributed by atoms with Gasteiger partial charge in [0.15, 0.2) is 5.82 Å². The fourth-order valence-electron chi connectivity index (χ4n) is 2.43. The molecule has 1 aromatic heterocycles. The molecule has 0 aliphatic heterocycles. The molecule has 0 unspecified atom stereocenters. The molecule has 21 heavy (non-hydrogen) atoms. The molecule has 0 radical (unpaired) electrons. The van der Waals surface area contributed by atoms with Gasteiger partial charge in [0.25, 0.3) is 5.89 Å². The number of nitrogens with zero attached hydrogens (tertiary/aromatic N) is 2. The Morgan fingerprint density at radius 3 is 2.81 bits per heavy atom. The molecule has 1 fully saturated rings. The van der Waals surface area contributed by atoms with E-state index in [-0.39, 0.29) is 0 Å². The van der Waals surface area contributed by atoms with Gasteiger partial charge in [-0.25, -0.2) is 0 Å². The van der Waals surface area contributed by atoms with E-state index in [9.17, 15) is 0 Å². The highest BCUT2D eigenvalue weighted by atomic mass is 16.5. The van der Waals surface area contributed by atoms with Gasteiger partial charge in [0.05, 0.1) is 12.6 Å². The third-order valence-corrected chi connectivity index (χ3v) is 3.92. The first-order valence-corrected chi connectivity index (χ1v) is 7.06. The minimum atomic E-state index is -0.392. The van der Waals surface area contributed by atoms with Gasteiger partial charge >= 0.3 is 0 Å². The molecule has 1 aromatic carbocycles. The van der Waals surface area contributed by atoms with Crippen molar-refractivity contribution in [1.29, 1.82) is 0 Å². The third-order valence-electron chi connectivity index (χ3n) is 3.92. The van der Waals surface area contributed by atoms with Gasteiger partial charge in [0, 0.05) is 11.6 Å². The molecule has 0 atom stereocenters. The number of hydrogen-bond donors (Lipinski definition) is 1. The van der Waals surface area contributed by atoms with E-state index in [1.165, 1.54) is 0 Å². The van der Waals surface area contributed by atoms with E-state index in [1.54, 1.807) is 13.2 Å². The van der Waals surface area contributed by atoms with Crippen LogP contribution in [0.1, 0.15) is 42.1 Å². The average Bonchev–Trinajstić information content (AvgIpc) is 2.92. The third kappa shape index (κ3) is 2.69. The van der Waals surface area contributed by atoms with Gasteiger partial charge in [-0.1, -0.05) is 16.8 Å². The number of nitrogens with two attached hydrogens (primary N) is 1. The van der Waals surface area contributed by atoms with Gasteiger partial charge in [-0.05, 0) is 44.4 Å². The van der Waals surface area contributed by atoms with Gasteiger partial charge < -0.3 is 15.0 Å². The second-order valence-corrected chi connectivity index (χ2v) is 5.54. The maximum Gasteiger partial charge on any atom is 0.250 e. The van der Waals surface area contributed by atoms with Crippen LogP contribution >= 0.6 is 0 Å². The Kier molecular flexibility index (Phi) is 3.51. The highest BCUT2D eigenvalue weighted by Crippen LogP contribution is 2.37. The first kappa shape index (κ1) is 13.8. The van der Waals surface area contributed by atoms with Gasteiger partial charge in [-0.15, -0.1) is 0 Å². The maximum absolute atomic E-state index is 6.18. The number of aromatic nitrogens is 2. The summed E-state index contributed by atoms with van der Waals surface area (Å²) in [5.74, 6) is 1.88. The van der Waals surface area contributed by atoms with E-state index in [0.717, 1.165) is 36.1 Å². The quantitative estimate of drug-likeness (QED) is 0.935. The molecule has 3 rings (SSSR count). The minimum Gasteiger partial charge on any atom is -0.496 e. The molecule has 0 spiro atoms. The number of methoxy groups -OCH3 is 1. The van der Waals surface area contributed by atoms with Crippen molar-refractivity contribution in [2.75, 3.05) is 7.11 Å². The number of aryl methyl sites for hydroxylation is 1. The lowest BCUT2D eigenvalue weighted by Crippen LogP contribution is -2.44. The summed E-state index contributed by atoms with van der Waals surface area (Å²) >= 11 is 0. The number of benzene rings is 1. The summed E-state index contributed by atoms with van der Waals surface area (Å²) in [4.78, 5) is 4.37. The summed E-state index contributed by atoms with van der Waals surface area (Å²) in [7, 11) is 1.65. The van der Waals surface area contributed by atoms with Crippen LogP contribution in [0, 0.1) is 6.92 Å². The van der Waals surface area contributed by atoms with Crippen molar-refractivity contribution in [2.24, 2.45) is 5.73 Å². The lowest BCUT2D eigenvalue weighted by Gasteiger charge is -2.34. The van der Waals surface area contributed by atoms with Crippen LogP contribution in [0.4, 0.5) is 0 Å². The van der Waals surface area contributed by atoms with Gasteiger partial charge in [-0.2, -0.15) is 4.98 Å². The van der Waals surface area contributed by atoms with E-state index >= 15 is 0 Å². The Morgan fingerprint density at radius 1 is 1.33 bits per heavy atom. The Balaban J connectivity index is 1.82. The summed E-state index contributed by atoms with van der Waals surface area (Å²) in [6.07, 6.45) is 6.66. The van der Waals surface area contributed by atoms with Crippen LogP contribution in [0.15, 0.2) is 22.7 Å². The molecule has 0 amide bonds. The molecule has 1 saturated carbocycles. The molecule has 1 aliphatic rings.